The van der Waals surface area contributed by atoms with Crippen LogP contribution >= 0.6 is 0 Å². The van der Waals surface area contributed by atoms with Crippen LogP contribution in [0.15, 0.2) is 0 Å². The molecule has 238 valence electrons. The van der Waals surface area contributed by atoms with E-state index in [1.807, 2.05) is 0 Å². The van der Waals surface area contributed by atoms with Crippen LogP contribution in [0.2, 0.25) is 0 Å². The van der Waals surface area contributed by atoms with E-state index in [4.69, 9.17) is 14.2 Å². The Morgan fingerprint density at radius 2 is 1.33 bits per heavy atom. The second-order valence-corrected chi connectivity index (χ2v) is 17.5. The lowest BCUT2D eigenvalue weighted by Crippen LogP contribution is -2.70. The Balaban J connectivity index is 1.58. The molecule has 5 rings (SSSR count). The summed E-state index contributed by atoms with van der Waals surface area (Å²) < 4.78 is 18.2. The predicted molar refractivity (Wildman–Crippen MR) is 162 cm³/mol. The third kappa shape index (κ3) is 4.75. The van der Waals surface area contributed by atoms with Gasteiger partial charge in [0.15, 0.2) is 0 Å². The number of carbonyl (C=O) groups excluding carboxylic acids is 3. The van der Waals surface area contributed by atoms with E-state index >= 15 is 0 Å². The maximum Gasteiger partial charge on any atom is 0.302 e. The van der Waals surface area contributed by atoms with E-state index in [1.54, 1.807) is 6.92 Å². The molecule has 0 saturated heterocycles. The SMILES string of the molecule is CC(=O)OCC12CCC(C)(C)CC1[C@H]1[C@H](OC(C)=O)C[C@@H]3[C@@]4(C)CC[C@H](OC(C)=O)C(C)(C)[C@@H]4CC[C@@]3(C)[C@]1(C)CC2. The van der Waals surface area contributed by atoms with E-state index in [-0.39, 0.29) is 68.5 Å². The predicted octanol–water partition coefficient (Wildman–Crippen LogP) is 7.90. The van der Waals surface area contributed by atoms with E-state index in [0.717, 1.165) is 64.2 Å². The molecular formula is C36H58O6. The summed E-state index contributed by atoms with van der Waals surface area (Å²) in [5.41, 5.74) is 0.186. The molecule has 0 aromatic rings. The van der Waals surface area contributed by atoms with Crippen LogP contribution in [0.5, 0.6) is 0 Å². The molecule has 5 saturated carbocycles. The standard InChI is InChI=1S/C36H58O6/c1-22(37)40-21-36-17-15-31(4,5)20-25(36)30-26(41-23(2)38)19-28-33(8)13-12-29(42-24(3)39)32(6,7)27(33)11-14-34(28,9)35(30,10)16-18-36/h25-30H,11-21H2,1-10H3/t25?,26-,27+,28-,29+,30+,33+,34-,35-,36?/m1/s1. The molecule has 6 heteroatoms. The van der Waals surface area contributed by atoms with Crippen LogP contribution < -0.4 is 0 Å². The van der Waals surface area contributed by atoms with Gasteiger partial charge in [0.2, 0.25) is 0 Å². The van der Waals surface area contributed by atoms with Gasteiger partial charge in [0, 0.05) is 37.5 Å². The van der Waals surface area contributed by atoms with Crippen LogP contribution in [0.25, 0.3) is 0 Å². The number of ether oxygens (including phenoxy) is 3. The van der Waals surface area contributed by atoms with Gasteiger partial charge < -0.3 is 14.2 Å². The molecule has 10 atom stereocenters. The van der Waals surface area contributed by atoms with Crippen LogP contribution in [0.4, 0.5) is 0 Å². The summed E-state index contributed by atoms with van der Waals surface area (Å²) in [7, 11) is 0. The Hall–Kier alpha value is -1.59. The van der Waals surface area contributed by atoms with Crippen LogP contribution in [0, 0.1) is 56.2 Å². The smallest absolute Gasteiger partial charge is 0.302 e. The fourth-order valence-corrected chi connectivity index (χ4v) is 12.3. The van der Waals surface area contributed by atoms with Crippen molar-refractivity contribution in [1.29, 1.82) is 0 Å². The number of hydrogen-bond donors (Lipinski definition) is 0. The normalized spacial score (nSPS) is 47.0. The highest BCUT2D eigenvalue weighted by Gasteiger charge is 2.72. The molecule has 0 aliphatic heterocycles. The Bertz CT molecular complexity index is 1110. The van der Waals surface area contributed by atoms with Gasteiger partial charge >= 0.3 is 17.9 Å². The van der Waals surface area contributed by atoms with Crippen LogP contribution in [0.1, 0.15) is 133 Å². The largest absolute Gasteiger partial charge is 0.465 e. The summed E-state index contributed by atoms with van der Waals surface area (Å²) in [4.78, 5) is 36.9. The summed E-state index contributed by atoms with van der Waals surface area (Å²) in [5.74, 6) is 0.833. The first kappa shape index (κ1) is 31.8. The average Bonchev–Trinajstić information content (AvgIpc) is 2.85. The van der Waals surface area contributed by atoms with Crippen molar-refractivity contribution in [3.63, 3.8) is 0 Å². The minimum atomic E-state index is -0.202. The molecule has 5 aliphatic rings. The highest BCUT2D eigenvalue weighted by Crippen LogP contribution is 2.77. The lowest BCUT2D eigenvalue weighted by atomic mass is 9.31. The van der Waals surface area contributed by atoms with Crippen molar-refractivity contribution in [1.82, 2.24) is 0 Å². The molecule has 0 radical (unpaired) electrons. The summed E-state index contributed by atoms with van der Waals surface area (Å²) in [6.07, 6.45) is 10.2. The third-order valence-electron chi connectivity index (χ3n) is 14.5. The zero-order valence-electron chi connectivity index (χ0n) is 28.2. The maximum atomic E-state index is 12.8. The highest BCUT2D eigenvalue weighted by atomic mass is 16.5. The van der Waals surface area contributed by atoms with Crippen molar-refractivity contribution in [3.8, 4) is 0 Å². The molecule has 0 bridgehead atoms. The van der Waals surface area contributed by atoms with Gasteiger partial charge in [-0.05, 0) is 104 Å². The van der Waals surface area contributed by atoms with Gasteiger partial charge in [-0.3, -0.25) is 14.4 Å². The average molecular weight is 587 g/mol. The molecule has 0 amide bonds. The lowest BCUT2D eigenvalue weighted by Gasteiger charge is -2.74. The fourth-order valence-electron chi connectivity index (χ4n) is 12.3. The molecule has 6 nitrogen and oxygen atoms in total. The number of rotatable bonds is 4. The third-order valence-corrected chi connectivity index (χ3v) is 14.5. The van der Waals surface area contributed by atoms with E-state index in [9.17, 15) is 14.4 Å². The minimum absolute atomic E-state index is 0.00129. The molecule has 0 aromatic carbocycles. The number of fused-ring (bicyclic) bond motifs is 7. The van der Waals surface area contributed by atoms with Crippen LogP contribution in [0.3, 0.4) is 0 Å². The van der Waals surface area contributed by atoms with Gasteiger partial charge in [-0.2, -0.15) is 0 Å². The molecule has 5 fully saturated rings. The van der Waals surface area contributed by atoms with Crippen molar-refractivity contribution < 1.29 is 28.6 Å². The number of esters is 3. The van der Waals surface area contributed by atoms with Crippen molar-refractivity contribution in [3.05, 3.63) is 0 Å². The molecule has 0 aromatic heterocycles. The quantitative estimate of drug-likeness (QED) is 0.246. The topological polar surface area (TPSA) is 78.9 Å². The molecule has 0 heterocycles. The van der Waals surface area contributed by atoms with E-state index in [2.05, 4.69) is 48.5 Å². The first-order chi connectivity index (χ1) is 19.3. The van der Waals surface area contributed by atoms with Crippen molar-refractivity contribution in [2.24, 2.45) is 56.2 Å². The van der Waals surface area contributed by atoms with E-state index < -0.39 is 0 Å². The Morgan fingerprint density at radius 1 is 0.690 bits per heavy atom. The monoisotopic (exact) mass is 586 g/mol. The fraction of sp³-hybridized carbons (Fsp3) is 0.917. The first-order valence-corrected chi connectivity index (χ1v) is 16.8. The molecule has 42 heavy (non-hydrogen) atoms. The Labute approximate surface area is 254 Å². The molecular weight excluding hydrogens is 528 g/mol. The van der Waals surface area contributed by atoms with Crippen molar-refractivity contribution >= 4 is 17.9 Å². The molecule has 0 N–H and O–H groups in total. The van der Waals surface area contributed by atoms with Gasteiger partial charge in [-0.15, -0.1) is 0 Å². The molecule has 5 aliphatic carbocycles. The van der Waals surface area contributed by atoms with Crippen LogP contribution in [-0.4, -0.2) is 36.7 Å². The zero-order valence-corrected chi connectivity index (χ0v) is 28.2. The second kappa shape index (κ2) is 10.2. The van der Waals surface area contributed by atoms with Crippen molar-refractivity contribution in [2.75, 3.05) is 6.61 Å². The Morgan fingerprint density at radius 3 is 1.95 bits per heavy atom. The van der Waals surface area contributed by atoms with E-state index in [0.29, 0.717) is 24.4 Å². The Kier molecular flexibility index (Phi) is 7.75. The first-order valence-electron chi connectivity index (χ1n) is 16.8. The number of carbonyl (C=O) groups is 3. The van der Waals surface area contributed by atoms with Gasteiger partial charge in [-0.1, -0.05) is 48.5 Å². The summed E-state index contributed by atoms with van der Waals surface area (Å²) in [5, 5.41) is 0. The second-order valence-electron chi connectivity index (χ2n) is 17.5. The molecule has 0 spiro atoms. The maximum absolute atomic E-state index is 12.8. The summed E-state index contributed by atoms with van der Waals surface area (Å²) in [6.45, 7) is 22.1. The summed E-state index contributed by atoms with van der Waals surface area (Å²) in [6, 6.07) is 0. The zero-order chi connectivity index (χ0) is 31.1. The van der Waals surface area contributed by atoms with Gasteiger partial charge in [0.05, 0.1) is 6.61 Å². The van der Waals surface area contributed by atoms with Crippen molar-refractivity contribution in [2.45, 2.75) is 146 Å². The van der Waals surface area contributed by atoms with E-state index in [1.165, 1.54) is 13.8 Å². The van der Waals surface area contributed by atoms with Gasteiger partial charge in [-0.25, -0.2) is 0 Å². The van der Waals surface area contributed by atoms with Gasteiger partial charge in [0.1, 0.15) is 12.2 Å². The lowest BCUT2D eigenvalue weighted by molar-refractivity contribution is -0.284. The molecule has 2 unspecified atom stereocenters. The highest BCUT2D eigenvalue weighted by molar-refractivity contribution is 5.67. The van der Waals surface area contributed by atoms with Gasteiger partial charge in [0.25, 0.3) is 0 Å². The summed E-state index contributed by atoms with van der Waals surface area (Å²) >= 11 is 0. The minimum Gasteiger partial charge on any atom is -0.465 e. The van der Waals surface area contributed by atoms with Crippen LogP contribution in [-0.2, 0) is 28.6 Å². The number of hydrogen-bond acceptors (Lipinski definition) is 6.